The molecule has 0 heterocycles. The molecule has 3 aromatic rings. The predicted octanol–water partition coefficient (Wildman–Crippen LogP) is 3.77. The van der Waals surface area contributed by atoms with Crippen molar-refractivity contribution in [2.75, 3.05) is 12.4 Å². The Morgan fingerprint density at radius 3 is 2.31 bits per heavy atom. The van der Waals surface area contributed by atoms with E-state index in [4.69, 9.17) is 9.47 Å². The highest BCUT2D eigenvalue weighted by molar-refractivity contribution is 9.10. The molecule has 0 atom stereocenters. The SMILES string of the molecule is COc1cc(C=NNC(=O)C(=O)Nc2ccc(Br)cc2)ccc1OC(=O)c1ccccc1. The molecule has 0 unspecified atom stereocenters. The van der Waals surface area contributed by atoms with Gasteiger partial charge in [0.15, 0.2) is 11.5 Å². The summed E-state index contributed by atoms with van der Waals surface area (Å²) in [6.45, 7) is 0. The van der Waals surface area contributed by atoms with Crippen LogP contribution >= 0.6 is 15.9 Å². The molecule has 32 heavy (non-hydrogen) atoms. The number of hydrazone groups is 1. The lowest BCUT2D eigenvalue weighted by atomic mass is 10.2. The van der Waals surface area contributed by atoms with E-state index in [2.05, 4.69) is 31.8 Å². The lowest BCUT2D eigenvalue weighted by Gasteiger charge is -2.10. The van der Waals surface area contributed by atoms with Gasteiger partial charge in [0.2, 0.25) is 0 Å². The number of benzene rings is 3. The molecule has 0 saturated heterocycles. The zero-order valence-corrected chi connectivity index (χ0v) is 18.5. The number of hydrogen-bond acceptors (Lipinski definition) is 6. The lowest BCUT2D eigenvalue weighted by molar-refractivity contribution is -0.136. The fourth-order valence-corrected chi connectivity index (χ4v) is 2.78. The Morgan fingerprint density at radius 2 is 1.62 bits per heavy atom. The van der Waals surface area contributed by atoms with Crippen molar-refractivity contribution in [3.63, 3.8) is 0 Å². The monoisotopic (exact) mass is 495 g/mol. The van der Waals surface area contributed by atoms with E-state index in [9.17, 15) is 14.4 Å². The summed E-state index contributed by atoms with van der Waals surface area (Å²) in [4.78, 5) is 36.1. The topological polar surface area (TPSA) is 106 Å². The normalized spacial score (nSPS) is 10.4. The Balaban J connectivity index is 1.59. The molecule has 3 rings (SSSR count). The Hall–Kier alpha value is -3.98. The van der Waals surface area contributed by atoms with Gasteiger partial charge in [0.25, 0.3) is 0 Å². The fraction of sp³-hybridized carbons (Fsp3) is 0.0435. The van der Waals surface area contributed by atoms with Crippen molar-refractivity contribution in [1.29, 1.82) is 0 Å². The fourth-order valence-electron chi connectivity index (χ4n) is 2.52. The number of hydrogen-bond donors (Lipinski definition) is 2. The summed E-state index contributed by atoms with van der Waals surface area (Å²) in [6, 6.07) is 20.1. The first-order valence-electron chi connectivity index (χ1n) is 9.31. The number of ether oxygens (including phenoxy) is 2. The average Bonchev–Trinajstić information content (AvgIpc) is 2.81. The molecular formula is C23H18BrN3O5. The summed E-state index contributed by atoms with van der Waals surface area (Å²) in [5.74, 6) is -1.77. The first-order chi connectivity index (χ1) is 15.5. The van der Waals surface area contributed by atoms with E-state index in [1.807, 2.05) is 0 Å². The molecule has 2 amide bonds. The number of amides is 2. The van der Waals surface area contributed by atoms with E-state index in [0.717, 1.165) is 4.47 Å². The number of nitrogens with zero attached hydrogens (tertiary/aromatic N) is 1. The van der Waals surface area contributed by atoms with Crippen molar-refractivity contribution >= 4 is 45.6 Å². The van der Waals surface area contributed by atoms with E-state index in [1.165, 1.54) is 13.3 Å². The molecule has 0 radical (unpaired) electrons. The second-order valence-electron chi connectivity index (χ2n) is 6.33. The van der Waals surface area contributed by atoms with Gasteiger partial charge in [-0.15, -0.1) is 0 Å². The minimum absolute atomic E-state index is 0.233. The summed E-state index contributed by atoms with van der Waals surface area (Å²) in [5, 5.41) is 6.24. The van der Waals surface area contributed by atoms with Crippen LogP contribution in [0.5, 0.6) is 11.5 Å². The van der Waals surface area contributed by atoms with E-state index < -0.39 is 17.8 Å². The zero-order chi connectivity index (χ0) is 22.9. The first-order valence-corrected chi connectivity index (χ1v) is 10.1. The molecule has 8 nitrogen and oxygen atoms in total. The molecule has 0 aliphatic carbocycles. The first kappa shape index (κ1) is 22.7. The third-order valence-corrected chi connectivity index (χ3v) is 4.62. The van der Waals surface area contributed by atoms with Crippen molar-refractivity contribution in [2.45, 2.75) is 0 Å². The molecular weight excluding hydrogens is 478 g/mol. The highest BCUT2D eigenvalue weighted by Crippen LogP contribution is 2.28. The third-order valence-electron chi connectivity index (χ3n) is 4.09. The Bertz CT molecular complexity index is 1150. The van der Waals surface area contributed by atoms with E-state index in [1.54, 1.807) is 72.8 Å². The highest BCUT2D eigenvalue weighted by Gasteiger charge is 2.14. The molecule has 162 valence electrons. The summed E-state index contributed by atoms with van der Waals surface area (Å²) < 4.78 is 11.5. The summed E-state index contributed by atoms with van der Waals surface area (Å²) in [7, 11) is 1.43. The standard InChI is InChI=1S/C23H18BrN3O5/c1-31-20-13-15(7-12-19(20)32-23(30)16-5-3-2-4-6-16)14-25-27-22(29)21(28)26-18-10-8-17(24)9-11-18/h2-14H,1H3,(H,26,28)(H,27,29). The minimum Gasteiger partial charge on any atom is -0.493 e. The van der Waals surface area contributed by atoms with E-state index in [-0.39, 0.29) is 5.75 Å². The molecule has 0 fully saturated rings. The second-order valence-corrected chi connectivity index (χ2v) is 7.24. The summed E-state index contributed by atoms with van der Waals surface area (Å²) in [5.41, 5.74) is 3.58. The maximum Gasteiger partial charge on any atom is 0.343 e. The molecule has 0 aliphatic heterocycles. The molecule has 3 aromatic carbocycles. The number of anilines is 1. The predicted molar refractivity (Wildman–Crippen MR) is 123 cm³/mol. The number of carbonyl (C=O) groups is 3. The van der Waals surface area contributed by atoms with Gasteiger partial charge >= 0.3 is 17.8 Å². The van der Waals surface area contributed by atoms with Gasteiger partial charge in [-0.1, -0.05) is 34.1 Å². The lowest BCUT2D eigenvalue weighted by Crippen LogP contribution is -2.32. The maximum atomic E-state index is 12.2. The van der Waals surface area contributed by atoms with Gasteiger partial charge in [0, 0.05) is 10.2 Å². The molecule has 0 bridgehead atoms. The van der Waals surface area contributed by atoms with Crippen LogP contribution < -0.4 is 20.2 Å². The number of nitrogens with one attached hydrogen (secondary N) is 2. The van der Waals surface area contributed by atoms with Gasteiger partial charge in [0.05, 0.1) is 18.9 Å². The smallest absolute Gasteiger partial charge is 0.343 e. The van der Waals surface area contributed by atoms with Crippen molar-refractivity contribution in [2.24, 2.45) is 5.10 Å². The summed E-state index contributed by atoms with van der Waals surface area (Å²) in [6.07, 6.45) is 1.33. The number of halogens is 1. The van der Waals surface area contributed by atoms with Crippen LogP contribution in [0.15, 0.2) is 82.4 Å². The Morgan fingerprint density at radius 1 is 0.906 bits per heavy atom. The van der Waals surface area contributed by atoms with Crippen LogP contribution in [0, 0.1) is 0 Å². The van der Waals surface area contributed by atoms with Gasteiger partial charge in [-0.25, -0.2) is 10.2 Å². The van der Waals surface area contributed by atoms with Crippen molar-refractivity contribution in [3.8, 4) is 11.5 Å². The zero-order valence-electron chi connectivity index (χ0n) is 16.9. The van der Waals surface area contributed by atoms with Crippen LogP contribution in [0.25, 0.3) is 0 Å². The molecule has 2 N–H and O–H groups in total. The van der Waals surface area contributed by atoms with Crippen LogP contribution in [-0.2, 0) is 9.59 Å². The van der Waals surface area contributed by atoms with Crippen molar-refractivity contribution in [3.05, 3.63) is 88.4 Å². The van der Waals surface area contributed by atoms with Crippen LogP contribution in [-0.4, -0.2) is 31.1 Å². The number of esters is 1. The van der Waals surface area contributed by atoms with Gasteiger partial charge in [-0.2, -0.15) is 5.10 Å². The third kappa shape index (κ3) is 6.26. The molecule has 0 aliphatic rings. The Labute approximate surface area is 192 Å². The van der Waals surface area contributed by atoms with Crippen molar-refractivity contribution < 1.29 is 23.9 Å². The summed E-state index contributed by atoms with van der Waals surface area (Å²) >= 11 is 3.29. The number of carbonyl (C=O) groups excluding carboxylic acids is 3. The van der Waals surface area contributed by atoms with Gasteiger partial charge in [0.1, 0.15) is 0 Å². The van der Waals surface area contributed by atoms with E-state index in [0.29, 0.717) is 22.6 Å². The largest absolute Gasteiger partial charge is 0.493 e. The van der Waals surface area contributed by atoms with Crippen LogP contribution in [0.2, 0.25) is 0 Å². The highest BCUT2D eigenvalue weighted by atomic mass is 79.9. The average molecular weight is 496 g/mol. The Kier molecular flexibility index (Phi) is 7.71. The van der Waals surface area contributed by atoms with Crippen LogP contribution in [0.1, 0.15) is 15.9 Å². The second kappa shape index (κ2) is 10.9. The molecule has 0 spiro atoms. The van der Waals surface area contributed by atoms with E-state index >= 15 is 0 Å². The van der Waals surface area contributed by atoms with Gasteiger partial charge < -0.3 is 14.8 Å². The quantitative estimate of drug-likeness (QED) is 0.178. The van der Waals surface area contributed by atoms with Gasteiger partial charge in [-0.3, -0.25) is 9.59 Å². The number of rotatable bonds is 6. The number of methoxy groups -OCH3 is 1. The molecule has 0 saturated carbocycles. The minimum atomic E-state index is -0.926. The van der Waals surface area contributed by atoms with Crippen molar-refractivity contribution in [1.82, 2.24) is 5.43 Å². The maximum absolute atomic E-state index is 12.2. The van der Waals surface area contributed by atoms with Gasteiger partial charge in [-0.05, 0) is 60.2 Å². The van der Waals surface area contributed by atoms with Crippen LogP contribution in [0.4, 0.5) is 5.69 Å². The molecule has 9 heteroatoms. The van der Waals surface area contributed by atoms with Crippen LogP contribution in [0.3, 0.4) is 0 Å². The molecule has 0 aromatic heterocycles.